The molecule has 0 saturated heterocycles. The number of likely N-dealkylation sites (N-methyl/N-ethyl adjacent to an activating group) is 1. The van der Waals surface area contributed by atoms with E-state index in [-0.39, 0.29) is 0 Å². The Hall–Kier alpha value is -1.28. The molecule has 19 heavy (non-hydrogen) atoms. The van der Waals surface area contributed by atoms with E-state index >= 15 is 0 Å². The van der Waals surface area contributed by atoms with Crippen molar-refractivity contribution in [2.75, 3.05) is 13.2 Å². The van der Waals surface area contributed by atoms with Gasteiger partial charge in [-0.25, -0.2) is 0 Å². The van der Waals surface area contributed by atoms with Crippen LogP contribution >= 0.6 is 0 Å². The van der Waals surface area contributed by atoms with E-state index in [0.29, 0.717) is 17.9 Å². The van der Waals surface area contributed by atoms with Crippen LogP contribution in [0.5, 0.6) is 0 Å². The van der Waals surface area contributed by atoms with E-state index in [9.17, 15) is 0 Å². The van der Waals surface area contributed by atoms with Gasteiger partial charge in [0.05, 0.1) is 12.6 Å². The van der Waals surface area contributed by atoms with E-state index in [2.05, 4.69) is 48.6 Å². The first-order chi connectivity index (χ1) is 9.40. The van der Waals surface area contributed by atoms with E-state index in [4.69, 9.17) is 4.74 Å². The predicted octanol–water partition coefficient (Wildman–Crippen LogP) is 3.46. The van der Waals surface area contributed by atoms with Crippen LogP contribution in [0.15, 0.2) is 42.2 Å². The zero-order chi connectivity index (χ0) is 13.1. The van der Waals surface area contributed by atoms with Crippen molar-refractivity contribution in [2.45, 2.75) is 38.1 Å². The minimum Gasteiger partial charge on any atom is -0.497 e. The molecule has 0 aromatic heterocycles. The molecule has 102 valence electrons. The van der Waals surface area contributed by atoms with E-state index < -0.39 is 0 Å². The van der Waals surface area contributed by atoms with Crippen molar-refractivity contribution in [3.63, 3.8) is 0 Å². The molecule has 1 saturated carbocycles. The molecule has 1 fully saturated rings. The Morgan fingerprint density at radius 2 is 2.16 bits per heavy atom. The predicted molar refractivity (Wildman–Crippen MR) is 78.0 cm³/mol. The van der Waals surface area contributed by atoms with Gasteiger partial charge in [0.2, 0.25) is 0 Å². The lowest BCUT2D eigenvalue weighted by molar-refractivity contribution is 0.162. The van der Waals surface area contributed by atoms with E-state index in [1.165, 1.54) is 24.2 Å². The van der Waals surface area contributed by atoms with Crippen LogP contribution in [0.25, 0.3) is 0 Å². The van der Waals surface area contributed by atoms with Crippen molar-refractivity contribution < 1.29 is 4.74 Å². The van der Waals surface area contributed by atoms with Crippen molar-refractivity contribution in [3.05, 3.63) is 47.7 Å². The molecular weight excluding hydrogens is 234 g/mol. The summed E-state index contributed by atoms with van der Waals surface area (Å²) in [7, 11) is 0. The molecule has 0 bridgehead atoms. The maximum Gasteiger partial charge on any atom is 0.109 e. The first-order valence-corrected chi connectivity index (χ1v) is 7.51. The smallest absolute Gasteiger partial charge is 0.109 e. The molecule has 0 amide bonds. The summed E-state index contributed by atoms with van der Waals surface area (Å²) in [4.78, 5) is 0. The van der Waals surface area contributed by atoms with Gasteiger partial charge in [-0.05, 0) is 49.3 Å². The fourth-order valence-corrected chi connectivity index (χ4v) is 3.14. The van der Waals surface area contributed by atoms with E-state index in [1.807, 2.05) is 0 Å². The molecule has 3 rings (SSSR count). The standard InChI is InChI=1S/C17H23NO/c1-2-18-17(16-10-6-7-11-19-16)15-12-14(15)13-8-4-3-5-9-13/h3-5,8-10,14-15,17-18H,2,6-7,11-12H2,1H3. The minimum absolute atomic E-state index is 0.413. The molecule has 2 heteroatoms. The molecule has 1 aromatic carbocycles. The highest BCUT2D eigenvalue weighted by atomic mass is 16.5. The lowest BCUT2D eigenvalue weighted by Crippen LogP contribution is -2.35. The van der Waals surface area contributed by atoms with Gasteiger partial charge in [0.1, 0.15) is 5.76 Å². The van der Waals surface area contributed by atoms with Crippen molar-refractivity contribution in [2.24, 2.45) is 5.92 Å². The lowest BCUT2D eigenvalue weighted by atomic mass is 10.0. The third kappa shape index (κ3) is 2.84. The largest absolute Gasteiger partial charge is 0.497 e. The summed E-state index contributed by atoms with van der Waals surface area (Å²) in [5.74, 6) is 2.60. The molecule has 1 N–H and O–H groups in total. The Balaban J connectivity index is 1.71. The monoisotopic (exact) mass is 257 g/mol. The fourth-order valence-electron chi connectivity index (χ4n) is 3.14. The van der Waals surface area contributed by atoms with Crippen LogP contribution in [0.1, 0.15) is 37.7 Å². The Bertz CT molecular complexity index is 440. The van der Waals surface area contributed by atoms with Gasteiger partial charge in [0, 0.05) is 0 Å². The lowest BCUT2D eigenvalue weighted by Gasteiger charge is -2.25. The number of hydrogen-bond donors (Lipinski definition) is 1. The number of benzene rings is 1. The molecule has 1 aliphatic carbocycles. The number of nitrogens with one attached hydrogen (secondary N) is 1. The molecule has 3 unspecified atom stereocenters. The first-order valence-electron chi connectivity index (χ1n) is 7.51. The average Bonchev–Trinajstić information content (AvgIpc) is 3.27. The summed E-state index contributed by atoms with van der Waals surface area (Å²) >= 11 is 0. The second-order valence-corrected chi connectivity index (χ2v) is 5.55. The van der Waals surface area contributed by atoms with E-state index in [1.54, 1.807) is 0 Å². The van der Waals surface area contributed by atoms with Gasteiger partial charge in [-0.2, -0.15) is 0 Å². The van der Waals surface area contributed by atoms with Crippen LogP contribution in [0, 0.1) is 5.92 Å². The van der Waals surface area contributed by atoms with Crippen molar-refractivity contribution >= 4 is 0 Å². The number of rotatable bonds is 5. The quantitative estimate of drug-likeness (QED) is 0.872. The number of hydrogen-bond acceptors (Lipinski definition) is 2. The third-order valence-electron chi connectivity index (χ3n) is 4.19. The molecule has 1 aliphatic heterocycles. The minimum atomic E-state index is 0.413. The van der Waals surface area contributed by atoms with Crippen LogP contribution in [0.2, 0.25) is 0 Å². The van der Waals surface area contributed by atoms with Gasteiger partial charge in [-0.15, -0.1) is 0 Å². The second kappa shape index (κ2) is 5.79. The molecule has 3 atom stereocenters. The molecule has 0 spiro atoms. The molecular formula is C17H23NO. The Kier molecular flexibility index (Phi) is 3.88. The summed E-state index contributed by atoms with van der Waals surface area (Å²) in [5.41, 5.74) is 1.48. The van der Waals surface area contributed by atoms with Crippen molar-refractivity contribution in [1.82, 2.24) is 5.32 Å². The first kappa shape index (κ1) is 12.7. The van der Waals surface area contributed by atoms with Crippen LogP contribution < -0.4 is 5.32 Å². The summed E-state index contributed by atoms with van der Waals surface area (Å²) in [6, 6.07) is 11.3. The number of allylic oxidation sites excluding steroid dienone is 1. The molecule has 2 nitrogen and oxygen atoms in total. The molecule has 1 heterocycles. The van der Waals surface area contributed by atoms with Crippen LogP contribution in [0.3, 0.4) is 0 Å². The van der Waals surface area contributed by atoms with Crippen LogP contribution in [-0.4, -0.2) is 19.2 Å². The van der Waals surface area contributed by atoms with Gasteiger partial charge < -0.3 is 10.1 Å². The average molecular weight is 257 g/mol. The Labute approximate surface area is 115 Å². The highest BCUT2D eigenvalue weighted by molar-refractivity contribution is 5.29. The topological polar surface area (TPSA) is 21.3 Å². The van der Waals surface area contributed by atoms with Crippen molar-refractivity contribution in [1.29, 1.82) is 0 Å². The Morgan fingerprint density at radius 1 is 1.32 bits per heavy atom. The zero-order valence-corrected chi connectivity index (χ0v) is 11.6. The SMILES string of the molecule is CCNC(C1=CCCCO1)C1CC1c1ccccc1. The zero-order valence-electron chi connectivity index (χ0n) is 11.6. The summed E-state index contributed by atoms with van der Waals surface area (Å²) in [6.45, 7) is 4.07. The number of ether oxygens (including phenoxy) is 1. The summed E-state index contributed by atoms with van der Waals surface area (Å²) in [5, 5.41) is 3.62. The summed E-state index contributed by atoms with van der Waals surface area (Å²) < 4.78 is 5.88. The van der Waals surface area contributed by atoms with Crippen molar-refractivity contribution in [3.8, 4) is 0 Å². The van der Waals surface area contributed by atoms with Gasteiger partial charge in [-0.3, -0.25) is 0 Å². The van der Waals surface area contributed by atoms with Crippen LogP contribution in [0.4, 0.5) is 0 Å². The maximum atomic E-state index is 5.88. The summed E-state index contributed by atoms with van der Waals surface area (Å²) in [6.07, 6.45) is 5.90. The third-order valence-corrected chi connectivity index (χ3v) is 4.19. The molecule has 1 aromatic rings. The van der Waals surface area contributed by atoms with Gasteiger partial charge in [-0.1, -0.05) is 37.3 Å². The van der Waals surface area contributed by atoms with Gasteiger partial charge >= 0.3 is 0 Å². The highest BCUT2D eigenvalue weighted by Crippen LogP contribution is 2.51. The van der Waals surface area contributed by atoms with Gasteiger partial charge in [0.15, 0.2) is 0 Å². The fraction of sp³-hybridized carbons (Fsp3) is 0.529. The Morgan fingerprint density at radius 3 is 2.84 bits per heavy atom. The van der Waals surface area contributed by atoms with E-state index in [0.717, 1.165) is 19.6 Å². The highest BCUT2D eigenvalue weighted by Gasteiger charge is 2.45. The van der Waals surface area contributed by atoms with Crippen LogP contribution in [-0.2, 0) is 4.74 Å². The van der Waals surface area contributed by atoms with Gasteiger partial charge in [0.25, 0.3) is 0 Å². The second-order valence-electron chi connectivity index (χ2n) is 5.55. The normalized spacial score (nSPS) is 27.3. The maximum absolute atomic E-state index is 5.88. The molecule has 0 radical (unpaired) electrons. The molecule has 2 aliphatic rings.